The van der Waals surface area contributed by atoms with Gasteiger partial charge in [0, 0.05) is 44.3 Å². The molecule has 1 fully saturated rings. The van der Waals surface area contributed by atoms with Crippen molar-refractivity contribution in [3.05, 3.63) is 41.7 Å². The first-order valence-electron chi connectivity index (χ1n) is 13.9. The van der Waals surface area contributed by atoms with Gasteiger partial charge in [0.1, 0.15) is 29.0 Å². The summed E-state index contributed by atoms with van der Waals surface area (Å²) in [5, 5.41) is 17.7. The number of carboxylic acid groups (broad SMARTS) is 1. The highest BCUT2D eigenvalue weighted by molar-refractivity contribution is 6.01. The normalized spacial score (nSPS) is 14.9. The Bertz CT molecular complexity index is 1140. The molecule has 0 aliphatic carbocycles. The third-order valence-electron chi connectivity index (χ3n) is 6.48. The maximum atomic E-state index is 14.1. The maximum Gasteiger partial charge on any atom is 0.404 e. The summed E-state index contributed by atoms with van der Waals surface area (Å²) in [6.45, 7) is 13.8. The molecule has 13 nitrogen and oxygen atoms in total. The van der Waals surface area contributed by atoms with Gasteiger partial charge in [0.2, 0.25) is 5.91 Å². The van der Waals surface area contributed by atoms with E-state index in [0.717, 1.165) is 13.1 Å². The van der Waals surface area contributed by atoms with E-state index in [2.05, 4.69) is 30.8 Å². The first-order chi connectivity index (χ1) is 19.5. The van der Waals surface area contributed by atoms with Crippen LogP contribution in [0.2, 0.25) is 0 Å². The number of anilines is 1. The summed E-state index contributed by atoms with van der Waals surface area (Å²) in [6, 6.07) is 2.48. The molecule has 2 aromatic rings. The molecule has 1 aliphatic rings. The minimum atomic E-state index is -1.29. The van der Waals surface area contributed by atoms with Gasteiger partial charge in [-0.15, -0.1) is 0 Å². The number of hydrogen-bond donors (Lipinski definition) is 4. The van der Waals surface area contributed by atoms with Gasteiger partial charge < -0.3 is 35.1 Å². The number of nitrogens with zero attached hydrogens (tertiary/aromatic N) is 4. The van der Waals surface area contributed by atoms with Crippen molar-refractivity contribution in [2.75, 3.05) is 57.8 Å². The number of aromatic nitrogens is 2. The Kier molecular flexibility index (Phi) is 11.5. The summed E-state index contributed by atoms with van der Waals surface area (Å²) < 4.78 is 10.8. The number of furan rings is 1. The Labute approximate surface area is 241 Å². The Hall–Kier alpha value is -3.71. The summed E-state index contributed by atoms with van der Waals surface area (Å²) in [4.78, 5) is 51.7. The van der Waals surface area contributed by atoms with E-state index in [1.165, 1.54) is 11.1 Å². The molecular weight excluding hydrogens is 530 g/mol. The summed E-state index contributed by atoms with van der Waals surface area (Å²) >= 11 is 0. The zero-order chi connectivity index (χ0) is 30.0. The van der Waals surface area contributed by atoms with E-state index in [4.69, 9.17) is 9.15 Å². The standard InChI is InChI=1S/C28H43N7O6/c1-19(2)18-35(22(17-32-27(38)39)24(36)29-8-9-34-10-13-40-14-11-34)25(37)21-16-31-26(28(3,4)5)33-23(21)30-15-20-7-6-12-41-20/h6-7,12,16,19,22,32H,8-11,13-15,17-18H2,1-5H3,(H,29,36)(H,38,39)(H,30,31,33)/t22-/m0/s1. The van der Waals surface area contributed by atoms with E-state index < -0.39 is 23.9 Å². The van der Waals surface area contributed by atoms with Gasteiger partial charge in [0.05, 0.1) is 32.6 Å². The van der Waals surface area contributed by atoms with Crippen molar-refractivity contribution in [2.45, 2.75) is 52.6 Å². The Morgan fingerprint density at radius 1 is 1.17 bits per heavy atom. The molecular formula is C28H43N7O6. The Morgan fingerprint density at radius 3 is 2.51 bits per heavy atom. The van der Waals surface area contributed by atoms with E-state index in [-0.39, 0.29) is 36.5 Å². The summed E-state index contributed by atoms with van der Waals surface area (Å²) in [6.07, 6.45) is 1.74. The molecule has 0 spiro atoms. The average Bonchev–Trinajstić information content (AvgIpc) is 3.44. The van der Waals surface area contributed by atoms with Gasteiger partial charge in [-0.05, 0) is 18.1 Å². The third-order valence-corrected chi connectivity index (χ3v) is 6.48. The summed E-state index contributed by atoms with van der Waals surface area (Å²) in [7, 11) is 0. The number of amides is 3. The quantitative estimate of drug-likeness (QED) is 0.279. The number of hydrogen-bond acceptors (Lipinski definition) is 9. The Balaban J connectivity index is 1.89. The fourth-order valence-electron chi connectivity index (χ4n) is 4.33. The van der Waals surface area contributed by atoms with Gasteiger partial charge in [-0.25, -0.2) is 14.8 Å². The van der Waals surface area contributed by atoms with Crippen molar-refractivity contribution in [1.82, 2.24) is 30.4 Å². The molecule has 3 amide bonds. The van der Waals surface area contributed by atoms with Gasteiger partial charge in [0.15, 0.2) is 0 Å². The second-order valence-corrected chi connectivity index (χ2v) is 11.4. The topological polar surface area (TPSA) is 162 Å². The van der Waals surface area contributed by atoms with E-state index in [1.807, 2.05) is 34.6 Å². The lowest BCUT2D eigenvalue weighted by molar-refractivity contribution is -0.125. The molecule has 41 heavy (non-hydrogen) atoms. The van der Waals surface area contributed by atoms with Crippen LogP contribution in [0.25, 0.3) is 0 Å². The number of carbonyl (C=O) groups is 3. The molecule has 226 valence electrons. The molecule has 2 aromatic heterocycles. The largest absolute Gasteiger partial charge is 0.467 e. The predicted octanol–water partition coefficient (Wildman–Crippen LogP) is 2.16. The minimum Gasteiger partial charge on any atom is -0.467 e. The number of carbonyl (C=O) groups excluding carboxylic acids is 2. The van der Waals surface area contributed by atoms with Gasteiger partial charge in [-0.3, -0.25) is 14.5 Å². The Morgan fingerprint density at radius 2 is 1.90 bits per heavy atom. The summed E-state index contributed by atoms with van der Waals surface area (Å²) in [5.74, 6) is 0.553. The second-order valence-electron chi connectivity index (χ2n) is 11.4. The van der Waals surface area contributed by atoms with Crippen LogP contribution in [0, 0.1) is 5.92 Å². The van der Waals surface area contributed by atoms with Crippen molar-refractivity contribution in [3.63, 3.8) is 0 Å². The molecule has 13 heteroatoms. The molecule has 3 heterocycles. The van der Waals surface area contributed by atoms with Crippen LogP contribution in [0.5, 0.6) is 0 Å². The van der Waals surface area contributed by atoms with Gasteiger partial charge in [-0.2, -0.15) is 0 Å². The number of nitrogens with one attached hydrogen (secondary N) is 3. The van der Waals surface area contributed by atoms with Crippen molar-refractivity contribution >= 4 is 23.7 Å². The van der Waals surface area contributed by atoms with Crippen molar-refractivity contribution < 1.29 is 28.6 Å². The predicted molar refractivity (Wildman–Crippen MR) is 153 cm³/mol. The molecule has 1 atom stereocenters. The van der Waals surface area contributed by atoms with Crippen LogP contribution in [0.1, 0.15) is 56.6 Å². The maximum absolute atomic E-state index is 14.1. The molecule has 3 rings (SSSR count). The van der Waals surface area contributed by atoms with Crippen molar-refractivity contribution in [2.24, 2.45) is 5.92 Å². The van der Waals surface area contributed by atoms with Crippen LogP contribution < -0.4 is 16.0 Å². The van der Waals surface area contributed by atoms with Crippen molar-refractivity contribution in [3.8, 4) is 0 Å². The summed E-state index contributed by atoms with van der Waals surface area (Å²) in [5.41, 5.74) is -0.208. The number of rotatable bonds is 13. The average molecular weight is 574 g/mol. The SMILES string of the molecule is CC(C)CN(C(=O)c1cnc(C(C)(C)C)nc1NCc1ccco1)[C@@H](CNC(=O)O)C(=O)NCCN1CCOCC1. The van der Waals surface area contributed by atoms with Crippen LogP contribution in [0.4, 0.5) is 10.6 Å². The fourth-order valence-corrected chi connectivity index (χ4v) is 4.33. The highest BCUT2D eigenvalue weighted by atomic mass is 16.5. The second kappa shape index (κ2) is 14.8. The zero-order valence-corrected chi connectivity index (χ0v) is 24.6. The lowest BCUT2D eigenvalue weighted by atomic mass is 9.95. The van der Waals surface area contributed by atoms with E-state index >= 15 is 0 Å². The molecule has 0 bridgehead atoms. The van der Waals surface area contributed by atoms with Crippen LogP contribution >= 0.6 is 0 Å². The van der Waals surface area contributed by atoms with E-state index in [0.29, 0.717) is 43.7 Å². The van der Waals surface area contributed by atoms with E-state index in [1.54, 1.807) is 18.4 Å². The van der Waals surface area contributed by atoms with Gasteiger partial charge in [-0.1, -0.05) is 34.6 Å². The molecule has 1 aliphatic heterocycles. The van der Waals surface area contributed by atoms with Gasteiger partial charge >= 0.3 is 6.09 Å². The molecule has 0 radical (unpaired) electrons. The number of morpholine rings is 1. The molecule has 1 saturated heterocycles. The fraction of sp³-hybridized carbons (Fsp3) is 0.607. The van der Waals surface area contributed by atoms with Crippen LogP contribution in [-0.2, 0) is 21.5 Å². The molecule has 0 saturated carbocycles. The van der Waals surface area contributed by atoms with Crippen LogP contribution in [0.3, 0.4) is 0 Å². The number of ether oxygens (including phenoxy) is 1. The lowest BCUT2D eigenvalue weighted by Gasteiger charge is -2.33. The highest BCUT2D eigenvalue weighted by Crippen LogP contribution is 2.24. The lowest BCUT2D eigenvalue weighted by Crippen LogP contribution is -2.56. The zero-order valence-electron chi connectivity index (χ0n) is 24.6. The minimum absolute atomic E-state index is 0.0123. The van der Waals surface area contributed by atoms with Crippen molar-refractivity contribution in [1.29, 1.82) is 0 Å². The smallest absolute Gasteiger partial charge is 0.404 e. The first kappa shape index (κ1) is 31.8. The van der Waals surface area contributed by atoms with Crippen LogP contribution in [-0.4, -0.2) is 101 Å². The molecule has 0 aromatic carbocycles. The third kappa shape index (κ3) is 9.71. The van der Waals surface area contributed by atoms with Crippen LogP contribution in [0.15, 0.2) is 29.0 Å². The molecule has 0 unspecified atom stereocenters. The molecule has 4 N–H and O–H groups in total. The first-order valence-corrected chi connectivity index (χ1v) is 13.9. The van der Waals surface area contributed by atoms with E-state index in [9.17, 15) is 19.5 Å². The monoisotopic (exact) mass is 573 g/mol. The highest BCUT2D eigenvalue weighted by Gasteiger charge is 2.33. The van der Waals surface area contributed by atoms with Gasteiger partial charge in [0.25, 0.3) is 5.91 Å².